The molecular weight excluding hydrogens is 398 g/mol. The van der Waals surface area contributed by atoms with Crippen molar-refractivity contribution >= 4 is 11.9 Å². The van der Waals surface area contributed by atoms with Crippen LogP contribution in [0.3, 0.4) is 0 Å². The molecule has 5 nitrogen and oxygen atoms in total. The second-order valence-corrected chi connectivity index (χ2v) is 10.2. The highest BCUT2D eigenvalue weighted by Crippen LogP contribution is 2.55. The van der Waals surface area contributed by atoms with E-state index in [1.54, 1.807) is 0 Å². The Morgan fingerprint density at radius 3 is 1.81 bits per heavy atom. The summed E-state index contributed by atoms with van der Waals surface area (Å²) in [4.78, 5) is 25.3. The van der Waals surface area contributed by atoms with Crippen molar-refractivity contribution in [2.75, 3.05) is 6.54 Å². The Morgan fingerprint density at radius 1 is 0.812 bits per heavy atom. The number of carbonyl (C=O) groups excluding carboxylic acids is 2. The summed E-state index contributed by atoms with van der Waals surface area (Å²) in [6.07, 6.45) is 7.70. The van der Waals surface area contributed by atoms with Crippen LogP contribution in [0.1, 0.15) is 62.1 Å². The third-order valence-corrected chi connectivity index (χ3v) is 7.63. The monoisotopic (exact) mass is 431 g/mol. The second kappa shape index (κ2) is 8.97. The van der Waals surface area contributed by atoms with Gasteiger partial charge in [-0.15, -0.1) is 0 Å². The first-order chi connectivity index (χ1) is 15.6. The van der Waals surface area contributed by atoms with Crippen LogP contribution in [0.15, 0.2) is 60.7 Å². The highest BCUT2D eigenvalue weighted by atomic mass is 16.2. The Bertz CT molecular complexity index is 869. The van der Waals surface area contributed by atoms with Gasteiger partial charge in [-0.2, -0.15) is 0 Å². The number of urea groups is 1. The van der Waals surface area contributed by atoms with Crippen LogP contribution in [0.25, 0.3) is 0 Å². The lowest BCUT2D eigenvalue weighted by atomic mass is 9.53. The summed E-state index contributed by atoms with van der Waals surface area (Å²) in [5, 5.41) is 9.38. The van der Waals surface area contributed by atoms with Crippen LogP contribution in [-0.4, -0.2) is 24.0 Å². The van der Waals surface area contributed by atoms with E-state index >= 15 is 0 Å². The molecule has 0 aliphatic heterocycles. The van der Waals surface area contributed by atoms with Crippen molar-refractivity contribution in [1.82, 2.24) is 16.0 Å². The van der Waals surface area contributed by atoms with Gasteiger partial charge in [0.25, 0.3) is 0 Å². The molecule has 3 N–H and O–H groups in total. The molecule has 2 aromatic rings. The Hall–Kier alpha value is -2.82. The van der Waals surface area contributed by atoms with Gasteiger partial charge in [0.1, 0.15) is 0 Å². The molecule has 0 saturated heterocycles. The van der Waals surface area contributed by atoms with Gasteiger partial charge in [-0.1, -0.05) is 60.7 Å². The molecule has 6 rings (SSSR count). The zero-order chi connectivity index (χ0) is 22.0. The summed E-state index contributed by atoms with van der Waals surface area (Å²) >= 11 is 0. The fourth-order valence-corrected chi connectivity index (χ4v) is 6.72. The first kappa shape index (κ1) is 21.0. The van der Waals surface area contributed by atoms with Gasteiger partial charge >= 0.3 is 6.03 Å². The maximum atomic E-state index is 12.7. The lowest BCUT2D eigenvalue weighted by Crippen LogP contribution is -2.61. The lowest BCUT2D eigenvalue weighted by Gasteiger charge is -2.56. The van der Waals surface area contributed by atoms with Crippen LogP contribution in [0, 0.1) is 17.8 Å². The predicted molar refractivity (Wildman–Crippen MR) is 125 cm³/mol. The van der Waals surface area contributed by atoms with Gasteiger partial charge in [0.15, 0.2) is 0 Å². The Kier molecular flexibility index (Phi) is 5.90. The number of amides is 3. The van der Waals surface area contributed by atoms with Crippen molar-refractivity contribution in [1.29, 1.82) is 0 Å². The number of rotatable bonds is 7. The van der Waals surface area contributed by atoms with Crippen molar-refractivity contribution < 1.29 is 9.59 Å². The van der Waals surface area contributed by atoms with Gasteiger partial charge in [-0.3, -0.25) is 4.79 Å². The molecule has 0 heterocycles. The molecular formula is C27H33N3O2. The summed E-state index contributed by atoms with van der Waals surface area (Å²) in [6.45, 7) is 0.334. The summed E-state index contributed by atoms with van der Waals surface area (Å²) in [5.74, 6) is 2.30. The summed E-state index contributed by atoms with van der Waals surface area (Å²) < 4.78 is 0. The quantitative estimate of drug-likeness (QED) is 0.602. The molecule has 4 saturated carbocycles. The van der Waals surface area contributed by atoms with E-state index in [0.29, 0.717) is 6.54 Å². The van der Waals surface area contributed by atoms with Gasteiger partial charge in [-0.05, 0) is 67.4 Å². The lowest BCUT2D eigenvalue weighted by molar-refractivity contribution is -0.121. The van der Waals surface area contributed by atoms with Crippen LogP contribution in [-0.2, 0) is 4.79 Å². The minimum atomic E-state index is -0.203. The minimum absolute atomic E-state index is 0.00714. The van der Waals surface area contributed by atoms with Crippen LogP contribution in [0.2, 0.25) is 0 Å². The third-order valence-electron chi connectivity index (χ3n) is 7.63. The van der Waals surface area contributed by atoms with Crippen molar-refractivity contribution in [3.05, 3.63) is 71.8 Å². The molecule has 2 aromatic carbocycles. The third kappa shape index (κ3) is 4.67. The fourth-order valence-electron chi connectivity index (χ4n) is 6.72. The molecule has 4 aliphatic carbocycles. The zero-order valence-corrected chi connectivity index (χ0v) is 18.6. The predicted octanol–water partition coefficient (Wildman–Crippen LogP) is 4.55. The Labute approximate surface area is 190 Å². The molecule has 168 valence electrons. The molecule has 4 aliphatic rings. The highest BCUT2D eigenvalue weighted by Gasteiger charge is 2.51. The largest absolute Gasteiger partial charge is 0.345 e. The van der Waals surface area contributed by atoms with Crippen molar-refractivity contribution in [2.45, 2.75) is 56.5 Å². The molecule has 0 aromatic heterocycles. The molecule has 4 fully saturated rings. The van der Waals surface area contributed by atoms with E-state index in [1.807, 2.05) is 60.7 Å². The first-order valence-electron chi connectivity index (χ1n) is 12.0. The van der Waals surface area contributed by atoms with E-state index in [0.717, 1.165) is 48.1 Å². The number of carbonyl (C=O) groups is 2. The topological polar surface area (TPSA) is 70.2 Å². The van der Waals surface area contributed by atoms with E-state index in [-0.39, 0.29) is 29.9 Å². The van der Waals surface area contributed by atoms with Gasteiger partial charge in [0.2, 0.25) is 5.91 Å². The SMILES string of the molecule is O=C(CCNC(=O)NC12CC3CC(CC(C3)C1)C2)NC(c1ccccc1)c1ccccc1. The van der Waals surface area contributed by atoms with E-state index in [1.165, 1.54) is 19.3 Å². The molecule has 0 atom stereocenters. The summed E-state index contributed by atoms with van der Waals surface area (Å²) in [7, 11) is 0. The van der Waals surface area contributed by atoms with Gasteiger partial charge in [0, 0.05) is 18.5 Å². The number of hydrogen-bond acceptors (Lipinski definition) is 2. The van der Waals surface area contributed by atoms with Crippen LogP contribution >= 0.6 is 0 Å². The Morgan fingerprint density at radius 2 is 1.31 bits per heavy atom. The van der Waals surface area contributed by atoms with Gasteiger partial charge in [-0.25, -0.2) is 4.79 Å². The van der Waals surface area contributed by atoms with Gasteiger partial charge in [0.05, 0.1) is 6.04 Å². The van der Waals surface area contributed by atoms with E-state index < -0.39 is 0 Å². The van der Waals surface area contributed by atoms with Crippen LogP contribution in [0.4, 0.5) is 4.79 Å². The average molecular weight is 432 g/mol. The normalized spacial score (nSPS) is 27.8. The fraction of sp³-hybridized carbons (Fsp3) is 0.481. The number of hydrogen-bond donors (Lipinski definition) is 3. The molecule has 32 heavy (non-hydrogen) atoms. The van der Waals surface area contributed by atoms with Crippen molar-refractivity contribution in [2.24, 2.45) is 17.8 Å². The van der Waals surface area contributed by atoms with Crippen LogP contribution in [0.5, 0.6) is 0 Å². The maximum Gasteiger partial charge on any atom is 0.315 e. The molecule has 0 unspecified atom stereocenters. The highest BCUT2D eigenvalue weighted by molar-refractivity contribution is 5.79. The Balaban J connectivity index is 1.13. The number of benzene rings is 2. The summed E-state index contributed by atoms with van der Waals surface area (Å²) in [5.41, 5.74) is 2.08. The standard InChI is InChI=1S/C27H33N3O2/c31-24(29-25(22-7-3-1-4-8-22)23-9-5-2-6-10-23)11-12-28-26(32)30-27-16-19-13-20(17-27)15-21(14-19)18-27/h1-10,19-21,25H,11-18H2,(H,29,31)(H2,28,30,32). The maximum absolute atomic E-state index is 12.7. The smallest absolute Gasteiger partial charge is 0.315 e. The van der Waals surface area contributed by atoms with Gasteiger partial charge < -0.3 is 16.0 Å². The summed E-state index contributed by atoms with van der Waals surface area (Å²) in [6, 6.07) is 19.6. The van der Waals surface area contributed by atoms with E-state index in [2.05, 4.69) is 16.0 Å². The zero-order valence-electron chi connectivity index (χ0n) is 18.6. The van der Waals surface area contributed by atoms with Crippen LogP contribution < -0.4 is 16.0 Å². The molecule has 0 radical (unpaired) electrons. The second-order valence-electron chi connectivity index (χ2n) is 10.2. The molecule has 0 spiro atoms. The molecule has 4 bridgehead atoms. The number of nitrogens with one attached hydrogen (secondary N) is 3. The van der Waals surface area contributed by atoms with Crippen molar-refractivity contribution in [3.8, 4) is 0 Å². The average Bonchev–Trinajstić information content (AvgIpc) is 2.77. The first-order valence-corrected chi connectivity index (χ1v) is 12.0. The van der Waals surface area contributed by atoms with E-state index in [9.17, 15) is 9.59 Å². The minimum Gasteiger partial charge on any atom is -0.345 e. The van der Waals surface area contributed by atoms with Crippen molar-refractivity contribution in [3.63, 3.8) is 0 Å². The molecule has 3 amide bonds. The molecule has 5 heteroatoms. The van der Waals surface area contributed by atoms with E-state index in [4.69, 9.17) is 0 Å².